The molecule has 0 radical (unpaired) electrons. The third-order valence-electron chi connectivity index (χ3n) is 3.70. The molecule has 2 atom stereocenters. The summed E-state index contributed by atoms with van der Waals surface area (Å²) >= 11 is 0. The molecule has 2 unspecified atom stereocenters. The monoisotopic (exact) mass is 298 g/mol. The summed E-state index contributed by atoms with van der Waals surface area (Å²) in [5.41, 5.74) is -0.365. The highest BCUT2D eigenvalue weighted by Crippen LogP contribution is 2.32. The van der Waals surface area contributed by atoms with Gasteiger partial charge in [-0.1, -0.05) is 12.1 Å². The van der Waals surface area contributed by atoms with Crippen molar-refractivity contribution in [2.45, 2.75) is 25.7 Å². The molecule has 1 N–H and O–H groups in total. The average Bonchev–Trinajstić information content (AvgIpc) is 2.77. The highest BCUT2D eigenvalue weighted by atomic mass is 16.5. The van der Waals surface area contributed by atoms with Crippen LogP contribution in [0.4, 0.5) is 5.69 Å². The number of allylic oxidation sites excluding steroid dienone is 1. The lowest BCUT2D eigenvalue weighted by atomic mass is 10.1. The number of hydrogen-bond acceptors (Lipinski definition) is 5. The zero-order valence-corrected chi connectivity index (χ0v) is 12.8. The quantitative estimate of drug-likeness (QED) is 0.873. The summed E-state index contributed by atoms with van der Waals surface area (Å²) in [5, 5.41) is 20.5. The molecule has 5 heteroatoms. The molecule has 22 heavy (non-hydrogen) atoms. The fraction of sp³-hybridized carbons (Fsp3) is 0.294. The first kappa shape index (κ1) is 14.5. The lowest BCUT2D eigenvalue weighted by Crippen LogP contribution is -2.33. The van der Waals surface area contributed by atoms with Gasteiger partial charge in [0, 0.05) is 6.92 Å². The maximum atomic E-state index is 9.97. The van der Waals surface area contributed by atoms with Crippen LogP contribution in [0, 0.1) is 0 Å². The number of nitrogens with zero attached hydrogens (tertiary/aromatic N) is 2. The second-order valence-electron chi connectivity index (χ2n) is 5.48. The minimum Gasteiger partial charge on any atom is -0.497 e. The van der Waals surface area contributed by atoms with E-state index < -0.39 is 11.8 Å². The van der Waals surface area contributed by atoms with E-state index in [4.69, 9.17) is 9.47 Å². The molecule has 0 saturated heterocycles. The van der Waals surface area contributed by atoms with E-state index in [1.165, 1.54) is 0 Å². The smallest absolute Gasteiger partial charge is 0.245 e. The molecule has 0 amide bonds. The highest BCUT2D eigenvalue weighted by Gasteiger charge is 2.39. The first-order valence-electron chi connectivity index (χ1n) is 7.06. The van der Waals surface area contributed by atoms with Crippen LogP contribution in [-0.4, -0.2) is 24.0 Å². The number of ether oxygens (including phenoxy) is 2. The molecule has 1 heterocycles. The van der Waals surface area contributed by atoms with Crippen molar-refractivity contribution in [2.24, 2.45) is 10.2 Å². The summed E-state index contributed by atoms with van der Waals surface area (Å²) in [6.07, 6.45) is 0.835. The second kappa shape index (κ2) is 5.42. The van der Waals surface area contributed by atoms with Crippen LogP contribution >= 0.6 is 0 Å². The van der Waals surface area contributed by atoms with E-state index in [9.17, 15) is 5.11 Å². The SMILES string of the molecule is COc1ccc2ccc(/N=N/C3(C)OC(C)=CC3O)cc2c1. The molecule has 3 rings (SSSR count). The number of azo groups is 1. The number of aliphatic hydroxyl groups excluding tert-OH is 1. The van der Waals surface area contributed by atoms with Gasteiger partial charge >= 0.3 is 0 Å². The van der Waals surface area contributed by atoms with E-state index in [2.05, 4.69) is 10.2 Å². The largest absolute Gasteiger partial charge is 0.497 e. The Balaban J connectivity index is 1.89. The Kier molecular flexibility index (Phi) is 3.58. The van der Waals surface area contributed by atoms with E-state index in [1.807, 2.05) is 36.4 Å². The van der Waals surface area contributed by atoms with E-state index in [0.717, 1.165) is 16.5 Å². The molecule has 0 aromatic heterocycles. The van der Waals surface area contributed by atoms with Gasteiger partial charge in [0.25, 0.3) is 0 Å². The molecule has 2 aromatic rings. The van der Waals surface area contributed by atoms with Gasteiger partial charge in [-0.3, -0.25) is 0 Å². The number of methoxy groups -OCH3 is 1. The Morgan fingerprint density at radius 1 is 1.18 bits per heavy atom. The maximum absolute atomic E-state index is 9.97. The number of hydrogen-bond donors (Lipinski definition) is 1. The molecular weight excluding hydrogens is 280 g/mol. The molecular formula is C17H18N2O3. The second-order valence-corrected chi connectivity index (χ2v) is 5.48. The summed E-state index contributed by atoms with van der Waals surface area (Å²) in [4.78, 5) is 0. The summed E-state index contributed by atoms with van der Waals surface area (Å²) < 4.78 is 10.8. The van der Waals surface area contributed by atoms with Crippen molar-refractivity contribution in [2.75, 3.05) is 7.11 Å². The normalized spacial score (nSPS) is 24.5. The molecule has 0 bridgehead atoms. The van der Waals surface area contributed by atoms with Crippen molar-refractivity contribution in [1.29, 1.82) is 0 Å². The molecule has 1 aliphatic rings. The summed E-state index contributed by atoms with van der Waals surface area (Å²) in [6, 6.07) is 11.6. The lowest BCUT2D eigenvalue weighted by Gasteiger charge is -2.21. The summed E-state index contributed by atoms with van der Waals surface area (Å²) in [7, 11) is 1.64. The van der Waals surface area contributed by atoms with Gasteiger partial charge in [0.05, 0.1) is 18.6 Å². The third kappa shape index (κ3) is 2.67. The fourth-order valence-electron chi connectivity index (χ4n) is 2.44. The fourth-order valence-corrected chi connectivity index (χ4v) is 2.44. The molecule has 2 aromatic carbocycles. The van der Waals surface area contributed by atoms with E-state index >= 15 is 0 Å². The van der Waals surface area contributed by atoms with Gasteiger partial charge in [-0.2, -0.15) is 5.11 Å². The molecule has 0 saturated carbocycles. The highest BCUT2D eigenvalue weighted by molar-refractivity contribution is 5.86. The molecule has 0 spiro atoms. The van der Waals surface area contributed by atoms with Gasteiger partial charge in [-0.25, -0.2) is 0 Å². The maximum Gasteiger partial charge on any atom is 0.245 e. The first-order chi connectivity index (χ1) is 10.5. The predicted octanol–water partition coefficient (Wildman–Crippen LogP) is 3.94. The molecule has 5 nitrogen and oxygen atoms in total. The van der Waals surface area contributed by atoms with Crippen LogP contribution in [0.3, 0.4) is 0 Å². The van der Waals surface area contributed by atoms with Crippen molar-refractivity contribution in [3.63, 3.8) is 0 Å². The van der Waals surface area contributed by atoms with Crippen molar-refractivity contribution in [3.8, 4) is 5.75 Å². The van der Waals surface area contributed by atoms with Crippen LogP contribution in [0.25, 0.3) is 10.8 Å². The minimum atomic E-state index is -1.06. The molecule has 0 aliphatic carbocycles. The van der Waals surface area contributed by atoms with Crippen LogP contribution in [-0.2, 0) is 4.74 Å². The Bertz CT molecular complexity index is 770. The number of benzene rings is 2. The zero-order chi connectivity index (χ0) is 15.7. The Morgan fingerprint density at radius 3 is 2.64 bits per heavy atom. The van der Waals surface area contributed by atoms with Gasteiger partial charge in [0.1, 0.15) is 11.9 Å². The van der Waals surface area contributed by atoms with Crippen molar-refractivity contribution in [1.82, 2.24) is 0 Å². The van der Waals surface area contributed by atoms with Gasteiger partial charge in [-0.15, -0.1) is 5.11 Å². The zero-order valence-electron chi connectivity index (χ0n) is 12.8. The van der Waals surface area contributed by atoms with E-state index in [0.29, 0.717) is 11.4 Å². The Labute approximate surface area is 128 Å². The standard InChI is InChI=1S/C17H18N2O3/c1-11-8-16(20)17(2,22-11)19-18-14-6-4-12-5-7-15(21-3)10-13(12)9-14/h4-10,16,20H,1-3H3/b19-18+. The number of aliphatic hydroxyl groups is 1. The van der Waals surface area contributed by atoms with Crippen molar-refractivity contribution in [3.05, 3.63) is 48.2 Å². The number of rotatable bonds is 3. The molecule has 0 fully saturated rings. The predicted molar refractivity (Wildman–Crippen MR) is 84.3 cm³/mol. The number of fused-ring (bicyclic) bond motifs is 1. The lowest BCUT2D eigenvalue weighted by molar-refractivity contribution is -0.0315. The van der Waals surface area contributed by atoms with Crippen LogP contribution in [0.2, 0.25) is 0 Å². The topological polar surface area (TPSA) is 63.4 Å². The van der Waals surface area contributed by atoms with E-state index in [-0.39, 0.29) is 0 Å². The van der Waals surface area contributed by atoms with Gasteiger partial charge < -0.3 is 14.6 Å². The first-order valence-corrected chi connectivity index (χ1v) is 7.06. The third-order valence-corrected chi connectivity index (χ3v) is 3.70. The Hall–Kier alpha value is -2.40. The average molecular weight is 298 g/mol. The van der Waals surface area contributed by atoms with Gasteiger partial charge in [0.2, 0.25) is 5.72 Å². The van der Waals surface area contributed by atoms with Crippen LogP contribution in [0.1, 0.15) is 13.8 Å². The molecule has 1 aliphatic heterocycles. The van der Waals surface area contributed by atoms with Crippen LogP contribution in [0.15, 0.2) is 58.5 Å². The van der Waals surface area contributed by atoms with Crippen molar-refractivity contribution >= 4 is 16.5 Å². The van der Waals surface area contributed by atoms with Crippen LogP contribution in [0.5, 0.6) is 5.75 Å². The Morgan fingerprint density at radius 2 is 1.95 bits per heavy atom. The molecule has 114 valence electrons. The van der Waals surface area contributed by atoms with Gasteiger partial charge in [-0.05, 0) is 48.0 Å². The minimum absolute atomic E-state index is 0.650. The van der Waals surface area contributed by atoms with Crippen molar-refractivity contribution < 1.29 is 14.6 Å². The van der Waals surface area contributed by atoms with Crippen LogP contribution < -0.4 is 4.74 Å². The summed E-state index contributed by atoms with van der Waals surface area (Å²) in [5.74, 6) is 1.44. The summed E-state index contributed by atoms with van der Waals surface area (Å²) in [6.45, 7) is 3.49. The van der Waals surface area contributed by atoms with Gasteiger partial charge in [0.15, 0.2) is 0 Å². The van der Waals surface area contributed by atoms with E-state index in [1.54, 1.807) is 27.0 Å².